The Hall–Kier alpha value is -2.53. The summed E-state index contributed by atoms with van der Waals surface area (Å²) in [4.78, 5) is 12.2. The molecule has 0 spiro atoms. The molecular formula is C21H28N2O3. The van der Waals surface area contributed by atoms with E-state index in [4.69, 9.17) is 15.2 Å². The van der Waals surface area contributed by atoms with E-state index in [-0.39, 0.29) is 5.91 Å². The second kappa shape index (κ2) is 10.5. The second-order valence-electron chi connectivity index (χ2n) is 5.98. The summed E-state index contributed by atoms with van der Waals surface area (Å²) < 4.78 is 11.2. The molecule has 1 unspecified atom stereocenters. The zero-order valence-corrected chi connectivity index (χ0v) is 15.5. The number of carbonyl (C=O) groups is 1. The first kappa shape index (κ1) is 19.8. The number of benzene rings is 2. The Bertz CT molecular complexity index is 689. The Labute approximate surface area is 155 Å². The molecule has 26 heavy (non-hydrogen) atoms. The molecule has 1 atom stereocenters. The molecule has 2 rings (SSSR count). The molecule has 0 saturated heterocycles. The van der Waals surface area contributed by atoms with Crippen molar-refractivity contribution in [3.05, 3.63) is 59.7 Å². The predicted molar refractivity (Wildman–Crippen MR) is 104 cm³/mol. The molecule has 0 aliphatic rings. The van der Waals surface area contributed by atoms with Crippen LogP contribution in [-0.4, -0.2) is 31.7 Å². The third-order valence-corrected chi connectivity index (χ3v) is 3.96. The van der Waals surface area contributed by atoms with Crippen molar-refractivity contribution in [3.8, 4) is 11.5 Å². The van der Waals surface area contributed by atoms with Crippen LogP contribution in [0.4, 0.5) is 0 Å². The van der Waals surface area contributed by atoms with Gasteiger partial charge in [-0.3, -0.25) is 4.79 Å². The van der Waals surface area contributed by atoms with Gasteiger partial charge in [0, 0.05) is 6.54 Å². The normalized spacial score (nSPS) is 11.7. The molecule has 0 bridgehead atoms. The van der Waals surface area contributed by atoms with Crippen LogP contribution < -0.4 is 20.5 Å². The molecule has 5 nitrogen and oxygen atoms in total. The van der Waals surface area contributed by atoms with E-state index in [2.05, 4.69) is 5.32 Å². The van der Waals surface area contributed by atoms with Gasteiger partial charge in [0.2, 0.25) is 5.91 Å². The van der Waals surface area contributed by atoms with Crippen LogP contribution in [0.3, 0.4) is 0 Å². The molecule has 140 valence electrons. The summed E-state index contributed by atoms with van der Waals surface area (Å²) in [5.74, 6) is 1.34. The minimum absolute atomic E-state index is 0.134. The lowest BCUT2D eigenvalue weighted by Crippen LogP contribution is -2.42. The number of nitrogens with two attached hydrogens (primary N) is 1. The first-order valence-electron chi connectivity index (χ1n) is 9.09. The maximum absolute atomic E-state index is 12.2. The molecule has 2 aromatic carbocycles. The van der Waals surface area contributed by atoms with Crippen LogP contribution >= 0.6 is 0 Å². The molecule has 1 amide bonds. The quantitative estimate of drug-likeness (QED) is 0.686. The summed E-state index contributed by atoms with van der Waals surface area (Å²) >= 11 is 0. The minimum atomic E-state index is -0.545. The summed E-state index contributed by atoms with van der Waals surface area (Å²) in [7, 11) is 0. The summed E-state index contributed by atoms with van der Waals surface area (Å²) in [6.07, 6.45) is 1.24. The molecule has 0 aromatic heterocycles. The van der Waals surface area contributed by atoms with Crippen molar-refractivity contribution in [3.63, 3.8) is 0 Å². The van der Waals surface area contributed by atoms with Crippen LogP contribution in [0.15, 0.2) is 48.5 Å². The SMILES string of the molecule is CCOc1ccc(CCNC(=O)C(N)Cc2ccccc2)cc1OCC. The largest absolute Gasteiger partial charge is 0.490 e. The van der Waals surface area contributed by atoms with Crippen molar-refractivity contribution >= 4 is 5.91 Å². The molecule has 0 saturated carbocycles. The van der Waals surface area contributed by atoms with E-state index in [0.29, 0.717) is 32.6 Å². The number of hydrogen-bond donors (Lipinski definition) is 2. The van der Waals surface area contributed by atoms with Gasteiger partial charge in [0.15, 0.2) is 11.5 Å². The van der Waals surface area contributed by atoms with E-state index >= 15 is 0 Å². The first-order valence-corrected chi connectivity index (χ1v) is 9.09. The predicted octanol–water partition coefficient (Wildman–Crippen LogP) is 2.71. The van der Waals surface area contributed by atoms with Crippen molar-refractivity contribution in [1.29, 1.82) is 0 Å². The van der Waals surface area contributed by atoms with Gasteiger partial charge in [-0.1, -0.05) is 36.4 Å². The first-order chi connectivity index (χ1) is 12.6. The Balaban J connectivity index is 1.84. The van der Waals surface area contributed by atoms with Crippen molar-refractivity contribution in [2.75, 3.05) is 19.8 Å². The van der Waals surface area contributed by atoms with Crippen molar-refractivity contribution in [2.45, 2.75) is 32.7 Å². The maximum Gasteiger partial charge on any atom is 0.237 e. The Morgan fingerprint density at radius 2 is 1.69 bits per heavy atom. The third-order valence-electron chi connectivity index (χ3n) is 3.96. The molecule has 0 aliphatic carbocycles. The molecule has 3 N–H and O–H groups in total. The van der Waals surface area contributed by atoms with Gasteiger partial charge in [0.25, 0.3) is 0 Å². The number of carbonyl (C=O) groups excluding carboxylic acids is 1. The number of amides is 1. The standard InChI is InChI=1S/C21H28N2O3/c1-3-25-19-11-10-17(15-20(19)26-4-2)12-13-23-21(24)18(22)14-16-8-6-5-7-9-16/h5-11,15,18H,3-4,12-14,22H2,1-2H3,(H,23,24). The third kappa shape index (κ3) is 6.08. The highest BCUT2D eigenvalue weighted by Crippen LogP contribution is 2.28. The van der Waals surface area contributed by atoms with E-state index < -0.39 is 6.04 Å². The summed E-state index contributed by atoms with van der Waals surface area (Å²) in [5, 5.41) is 2.91. The van der Waals surface area contributed by atoms with E-state index in [1.807, 2.05) is 62.4 Å². The molecule has 5 heteroatoms. The zero-order chi connectivity index (χ0) is 18.8. The molecular weight excluding hydrogens is 328 g/mol. The topological polar surface area (TPSA) is 73.6 Å². The number of hydrogen-bond acceptors (Lipinski definition) is 4. The Kier molecular flexibility index (Phi) is 7.96. The Morgan fingerprint density at radius 3 is 2.38 bits per heavy atom. The van der Waals surface area contributed by atoms with Crippen molar-refractivity contribution in [2.24, 2.45) is 5.73 Å². The minimum Gasteiger partial charge on any atom is -0.490 e. The number of nitrogens with one attached hydrogen (secondary N) is 1. The van der Waals surface area contributed by atoms with Crippen LogP contribution in [0.2, 0.25) is 0 Å². The fourth-order valence-electron chi connectivity index (χ4n) is 2.67. The highest BCUT2D eigenvalue weighted by molar-refractivity contribution is 5.81. The highest BCUT2D eigenvalue weighted by atomic mass is 16.5. The lowest BCUT2D eigenvalue weighted by atomic mass is 10.1. The van der Waals surface area contributed by atoms with Gasteiger partial charge in [-0.15, -0.1) is 0 Å². The average molecular weight is 356 g/mol. The lowest BCUT2D eigenvalue weighted by molar-refractivity contribution is -0.122. The highest BCUT2D eigenvalue weighted by Gasteiger charge is 2.13. The maximum atomic E-state index is 12.2. The summed E-state index contributed by atoms with van der Waals surface area (Å²) in [5.41, 5.74) is 8.13. The molecule has 0 heterocycles. The van der Waals surface area contributed by atoms with Gasteiger partial charge in [0.1, 0.15) is 0 Å². The van der Waals surface area contributed by atoms with Crippen molar-refractivity contribution in [1.82, 2.24) is 5.32 Å². The van der Waals surface area contributed by atoms with Gasteiger partial charge in [0.05, 0.1) is 19.3 Å². The van der Waals surface area contributed by atoms with Crippen LogP contribution in [0, 0.1) is 0 Å². The molecule has 0 aliphatic heterocycles. The van der Waals surface area contributed by atoms with Crippen LogP contribution in [0.25, 0.3) is 0 Å². The fraction of sp³-hybridized carbons (Fsp3) is 0.381. The number of rotatable bonds is 10. The van der Waals surface area contributed by atoms with Crippen LogP contribution in [0.5, 0.6) is 11.5 Å². The number of ether oxygens (including phenoxy) is 2. The summed E-state index contributed by atoms with van der Waals surface area (Å²) in [6, 6.07) is 15.1. The van der Waals surface area contributed by atoms with Gasteiger partial charge in [-0.25, -0.2) is 0 Å². The fourth-order valence-corrected chi connectivity index (χ4v) is 2.67. The second-order valence-corrected chi connectivity index (χ2v) is 5.98. The average Bonchev–Trinajstić information content (AvgIpc) is 2.65. The molecule has 2 aromatic rings. The molecule has 0 radical (unpaired) electrons. The van der Waals surface area contributed by atoms with E-state index in [0.717, 1.165) is 22.6 Å². The van der Waals surface area contributed by atoms with Gasteiger partial charge in [-0.2, -0.15) is 0 Å². The van der Waals surface area contributed by atoms with Gasteiger partial charge in [-0.05, 0) is 49.9 Å². The Morgan fingerprint density at radius 1 is 1.00 bits per heavy atom. The van der Waals surface area contributed by atoms with Crippen LogP contribution in [-0.2, 0) is 17.6 Å². The lowest BCUT2D eigenvalue weighted by Gasteiger charge is -2.14. The van der Waals surface area contributed by atoms with E-state index in [1.54, 1.807) is 0 Å². The molecule has 0 fully saturated rings. The van der Waals surface area contributed by atoms with Gasteiger partial charge >= 0.3 is 0 Å². The van der Waals surface area contributed by atoms with Crippen LogP contribution in [0.1, 0.15) is 25.0 Å². The zero-order valence-electron chi connectivity index (χ0n) is 15.5. The van der Waals surface area contributed by atoms with E-state index in [9.17, 15) is 4.79 Å². The van der Waals surface area contributed by atoms with Crippen molar-refractivity contribution < 1.29 is 14.3 Å². The monoisotopic (exact) mass is 356 g/mol. The smallest absolute Gasteiger partial charge is 0.237 e. The van der Waals surface area contributed by atoms with Gasteiger partial charge < -0.3 is 20.5 Å². The summed E-state index contributed by atoms with van der Waals surface area (Å²) in [6.45, 7) is 5.58. The van der Waals surface area contributed by atoms with E-state index in [1.165, 1.54) is 0 Å².